The van der Waals surface area contributed by atoms with Gasteiger partial charge in [-0.1, -0.05) is 18.2 Å². The third-order valence-corrected chi connectivity index (χ3v) is 2.11. The molecule has 0 bridgehead atoms. The van der Waals surface area contributed by atoms with Crippen LogP contribution in [0, 0.1) is 6.33 Å². The van der Waals surface area contributed by atoms with Crippen LogP contribution in [0.25, 0.3) is 16.9 Å². The first kappa shape index (κ1) is 7.38. The Bertz CT molecular complexity index is 518. The number of para-hydroxylation sites is 1. The highest BCUT2D eigenvalue weighted by Crippen LogP contribution is 2.21. The summed E-state index contributed by atoms with van der Waals surface area (Å²) >= 11 is 0. The van der Waals surface area contributed by atoms with Crippen molar-refractivity contribution in [3.8, 4) is 5.88 Å². The van der Waals surface area contributed by atoms with Crippen molar-refractivity contribution in [3.05, 3.63) is 49.1 Å². The van der Waals surface area contributed by atoms with Gasteiger partial charge in [-0.25, -0.2) is 4.98 Å². The first-order chi connectivity index (χ1) is 6.93. The van der Waals surface area contributed by atoms with Crippen molar-refractivity contribution in [3.63, 3.8) is 0 Å². The Hall–Kier alpha value is -2.03. The molecular weight excluding hydrogens is 176 g/mol. The number of imidazole rings is 1. The Labute approximate surface area is 80.6 Å². The summed E-state index contributed by atoms with van der Waals surface area (Å²) in [5.41, 5.74) is 0.879. The molecule has 2 aromatic heterocycles. The summed E-state index contributed by atoms with van der Waals surface area (Å²) in [6.07, 6.45) is 6.26. The lowest BCUT2D eigenvalue weighted by Gasteiger charge is -1.91. The van der Waals surface area contributed by atoms with Crippen molar-refractivity contribution in [1.29, 1.82) is 0 Å². The zero-order valence-corrected chi connectivity index (χ0v) is 7.34. The fraction of sp³-hybridized carbons (Fsp3) is 0. The standard InChI is InChI=1S/C11H7N2O/c1-2-4-10-9(3-1)7-11(14-10)13-6-5-12-8-13/h1-7H. The fourth-order valence-corrected chi connectivity index (χ4v) is 1.44. The van der Waals surface area contributed by atoms with Gasteiger partial charge in [0.05, 0.1) is 0 Å². The molecule has 67 valence electrons. The minimum absolute atomic E-state index is 0.740. The summed E-state index contributed by atoms with van der Waals surface area (Å²) in [6, 6.07) is 9.86. The van der Waals surface area contributed by atoms with Gasteiger partial charge in [0.25, 0.3) is 0 Å². The van der Waals surface area contributed by atoms with Crippen LogP contribution in [0.4, 0.5) is 0 Å². The molecule has 0 saturated carbocycles. The number of hydrogen-bond acceptors (Lipinski definition) is 2. The zero-order valence-electron chi connectivity index (χ0n) is 7.34. The third-order valence-electron chi connectivity index (χ3n) is 2.11. The van der Waals surface area contributed by atoms with Gasteiger partial charge in [0.15, 0.2) is 6.33 Å². The summed E-state index contributed by atoms with van der Waals surface area (Å²) < 4.78 is 7.33. The predicted molar refractivity (Wildman–Crippen MR) is 52.2 cm³/mol. The molecule has 3 nitrogen and oxygen atoms in total. The maximum atomic E-state index is 5.60. The van der Waals surface area contributed by atoms with E-state index >= 15 is 0 Å². The van der Waals surface area contributed by atoms with Gasteiger partial charge in [-0.15, -0.1) is 0 Å². The predicted octanol–water partition coefficient (Wildman–Crippen LogP) is 2.42. The Morgan fingerprint density at radius 3 is 3.00 bits per heavy atom. The minimum atomic E-state index is 0.740. The molecule has 14 heavy (non-hydrogen) atoms. The van der Waals surface area contributed by atoms with Crippen molar-refractivity contribution in [2.75, 3.05) is 0 Å². The molecule has 0 atom stereocenters. The molecule has 3 heteroatoms. The monoisotopic (exact) mass is 183 g/mol. The number of hydrogen-bond donors (Lipinski definition) is 0. The Morgan fingerprint density at radius 1 is 1.29 bits per heavy atom. The van der Waals surface area contributed by atoms with E-state index in [1.165, 1.54) is 0 Å². The van der Waals surface area contributed by atoms with Gasteiger partial charge >= 0.3 is 0 Å². The highest BCUT2D eigenvalue weighted by atomic mass is 16.3. The molecule has 1 radical (unpaired) electrons. The third kappa shape index (κ3) is 1.03. The van der Waals surface area contributed by atoms with E-state index in [9.17, 15) is 0 Å². The Balaban J connectivity index is 2.24. The van der Waals surface area contributed by atoms with Crippen LogP contribution < -0.4 is 0 Å². The molecule has 0 aliphatic carbocycles. The van der Waals surface area contributed by atoms with Crippen LogP contribution in [0.3, 0.4) is 0 Å². The topological polar surface area (TPSA) is 31.0 Å². The van der Waals surface area contributed by atoms with Gasteiger partial charge in [-0.3, -0.25) is 4.57 Å². The SMILES string of the molecule is [c]1nccn1-c1cc2ccccc2o1. The molecule has 2 heterocycles. The van der Waals surface area contributed by atoms with Crippen LogP contribution in [0.5, 0.6) is 0 Å². The molecular formula is C11H7N2O. The summed E-state index contributed by atoms with van der Waals surface area (Å²) in [5.74, 6) is 0.740. The fourth-order valence-electron chi connectivity index (χ4n) is 1.44. The lowest BCUT2D eigenvalue weighted by atomic mass is 10.3. The average molecular weight is 183 g/mol. The second-order valence-corrected chi connectivity index (χ2v) is 3.02. The number of aromatic nitrogens is 2. The lowest BCUT2D eigenvalue weighted by Crippen LogP contribution is -1.85. The van der Waals surface area contributed by atoms with E-state index < -0.39 is 0 Å². The quantitative estimate of drug-likeness (QED) is 0.580. The largest absolute Gasteiger partial charge is 0.440 e. The van der Waals surface area contributed by atoms with Crippen molar-refractivity contribution in [2.24, 2.45) is 0 Å². The van der Waals surface area contributed by atoms with E-state index in [4.69, 9.17) is 4.42 Å². The lowest BCUT2D eigenvalue weighted by molar-refractivity contribution is 0.579. The zero-order chi connectivity index (χ0) is 9.38. The van der Waals surface area contributed by atoms with Crippen LogP contribution in [0.1, 0.15) is 0 Å². The number of benzene rings is 1. The summed E-state index contributed by atoms with van der Waals surface area (Å²) in [7, 11) is 0. The van der Waals surface area contributed by atoms with Crippen molar-refractivity contribution in [1.82, 2.24) is 9.55 Å². The highest BCUT2D eigenvalue weighted by molar-refractivity contribution is 5.79. The first-order valence-corrected chi connectivity index (χ1v) is 4.33. The van der Waals surface area contributed by atoms with Gasteiger partial charge in [0.2, 0.25) is 5.88 Å². The molecule has 1 aromatic carbocycles. The number of fused-ring (bicyclic) bond motifs is 1. The summed E-state index contributed by atoms with van der Waals surface area (Å²) in [4.78, 5) is 3.85. The van der Waals surface area contributed by atoms with E-state index in [-0.39, 0.29) is 0 Å². The molecule has 0 fully saturated rings. The number of furan rings is 1. The van der Waals surface area contributed by atoms with Crippen LogP contribution >= 0.6 is 0 Å². The maximum Gasteiger partial charge on any atom is 0.206 e. The second-order valence-electron chi connectivity index (χ2n) is 3.02. The molecule has 0 spiro atoms. The molecule has 0 saturated heterocycles. The minimum Gasteiger partial charge on any atom is -0.440 e. The van der Waals surface area contributed by atoms with Crippen LogP contribution in [0.15, 0.2) is 47.1 Å². The van der Waals surface area contributed by atoms with E-state index in [1.54, 1.807) is 17.0 Å². The van der Waals surface area contributed by atoms with E-state index in [2.05, 4.69) is 11.3 Å². The van der Waals surface area contributed by atoms with E-state index in [1.807, 2.05) is 30.3 Å². The van der Waals surface area contributed by atoms with Crippen LogP contribution in [0.2, 0.25) is 0 Å². The Kier molecular flexibility index (Phi) is 1.44. The normalized spacial score (nSPS) is 10.9. The maximum absolute atomic E-state index is 5.60. The van der Waals surface area contributed by atoms with Crippen molar-refractivity contribution < 1.29 is 4.42 Å². The van der Waals surface area contributed by atoms with Gasteiger partial charge in [-0.2, -0.15) is 0 Å². The highest BCUT2D eigenvalue weighted by Gasteiger charge is 2.03. The Morgan fingerprint density at radius 2 is 2.21 bits per heavy atom. The van der Waals surface area contributed by atoms with Crippen LogP contribution in [-0.2, 0) is 0 Å². The van der Waals surface area contributed by atoms with Gasteiger partial charge < -0.3 is 4.42 Å². The number of rotatable bonds is 1. The van der Waals surface area contributed by atoms with E-state index in [0.29, 0.717) is 0 Å². The van der Waals surface area contributed by atoms with Gasteiger partial charge in [0.1, 0.15) is 5.58 Å². The van der Waals surface area contributed by atoms with Gasteiger partial charge in [0, 0.05) is 23.8 Å². The molecule has 0 N–H and O–H groups in total. The molecule has 0 amide bonds. The van der Waals surface area contributed by atoms with Crippen LogP contribution in [-0.4, -0.2) is 9.55 Å². The molecule has 3 aromatic rings. The van der Waals surface area contributed by atoms with Crippen molar-refractivity contribution in [2.45, 2.75) is 0 Å². The van der Waals surface area contributed by atoms with E-state index in [0.717, 1.165) is 16.9 Å². The average Bonchev–Trinajstić information content (AvgIpc) is 2.86. The van der Waals surface area contributed by atoms with Crippen molar-refractivity contribution >= 4 is 11.0 Å². The second kappa shape index (κ2) is 2.73. The molecule has 3 rings (SSSR count). The smallest absolute Gasteiger partial charge is 0.206 e. The number of nitrogens with zero attached hydrogens (tertiary/aromatic N) is 2. The summed E-state index contributed by atoms with van der Waals surface area (Å²) in [6.45, 7) is 0. The summed E-state index contributed by atoms with van der Waals surface area (Å²) in [5, 5.41) is 1.09. The molecule has 0 aliphatic rings. The molecule has 0 unspecified atom stereocenters. The van der Waals surface area contributed by atoms with Gasteiger partial charge in [-0.05, 0) is 6.07 Å². The molecule has 0 aliphatic heterocycles. The first-order valence-electron chi connectivity index (χ1n) is 4.33.